The molecule has 4 rings (SSSR count). The molecule has 4 nitrogen and oxygen atoms in total. The summed E-state index contributed by atoms with van der Waals surface area (Å²) >= 11 is 6.31. The number of dihydropyridines is 1. The van der Waals surface area contributed by atoms with Crippen LogP contribution >= 0.6 is 11.6 Å². The molecule has 154 valence electrons. The van der Waals surface area contributed by atoms with Crippen LogP contribution in [0.5, 0.6) is 0 Å². The minimum atomic E-state index is -0.358. The second-order valence-corrected chi connectivity index (χ2v) is 9.77. The maximum Gasteiger partial charge on any atom is 0.252 e. The predicted molar refractivity (Wildman–Crippen MR) is 116 cm³/mol. The number of hydrogen-bond acceptors (Lipinski definition) is 3. The van der Waals surface area contributed by atoms with Crippen LogP contribution in [0.3, 0.4) is 0 Å². The molecule has 0 spiro atoms. The first-order chi connectivity index (χ1) is 13.8. The van der Waals surface area contributed by atoms with Crippen molar-refractivity contribution in [1.82, 2.24) is 10.2 Å². The van der Waals surface area contributed by atoms with E-state index in [0.29, 0.717) is 17.0 Å². The number of amides is 1. The molecule has 1 aromatic rings. The summed E-state index contributed by atoms with van der Waals surface area (Å²) in [5.74, 6) is -0.183. The minimum Gasteiger partial charge on any atom is -0.362 e. The van der Waals surface area contributed by atoms with Gasteiger partial charge in [-0.2, -0.15) is 0 Å². The Balaban J connectivity index is 1.83. The molecule has 29 heavy (non-hydrogen) atoms. The van der Waals surface area contributed by atoms with Crippen molar-refractivity contribution < 1.29 is 9.59 Å². The van der Waals surface area contributed by atoms with Gasteiger partial charge in [0, 0.05) is 53.0 Å². The summed E-state index contributed by atoms with van der Waals surface area (Å²) in [4.78, 5) is 28.8. The Morgan fingerprint density at radius 1 is 1.17 bits per heavy atom. The second-order valence-electron chi connectivity index (χ2n) is 9.34. The Morgan fingerprint density at radius 2 is 1.90 bits per heavy atom. The van der Waals surface area contributed by atoms with Crippen molar-refractivity contribution in [3.05, 3.63) is 57.4 Å². The SMILES string of the molecule is CC1=C(C(=O)N2CCCCC2)[C@@H](c2cccc(Cl)c2)C2=C(CC(C)(C)CC2=O)N1. The van der Waals surface area contributed by atoms with Crippen molar-refractivity contribution in [1.29, 1.82) is 0 Å². The fraction of sp³-hybridized carbons (Fsp3) is 0.500. The zero-order valence-corrected chi connectivity index (χ0v) is 18.2. The fourth-order valence-corrected chi connectivity index (χ4v) is 5.21. The van der Waals surface area contributed by atoms with Crippen molar-refractivity contribution in [2.75, 3.05) is 13.1 Å². The van der Waals surface area contributed by atoms with Gasteiger partial charge in [-0.05, 0) is 55.7 Å². The number of piperidine rings is 1. The van der Waals surface area contributed by atoms with Gasteiger partial charge in [-0.3, -0.25) is 9.59 Å². The van der Waals surface area contributed by atoms with Gasteiger partial charge in [-0.1, -0.05) is 37.6 Å². The number of ketones is 1. The van der Waals surface area contributed by atoms with E-state index in [9.17, 15) is 9.59 Å². The van der Waals surface area contributed by atoms with E-state index in [1.807, 2.05) is 36.1 Å². The fourth-order valence-electron chi connectivity index (χ4n) is 5.01. The largest absolute Gasteiger partial charge is 0.362 e. The number of carbonyl (C=O) groups excluding carboxylic acids is 2. The van der Waals surface area contributed by atoms with E-state index in [2.05, 4.69) is 19.2 Å². The van der Waals surface area contributed by atoms with Gasteiger partial charge < -0.3 is 10.2 Å². The van der Waals surface area contributed by atoms with Gasteiger partial charge in [0.2, 0.25) is 0 Å². The number of Topliss-reactive ketones (excluding diaryl/α,β-unsaturated/α-hetero) is 1. The van der Waals surface area contributed by atoms with Gasteiger partial charge in [0.1, 0.15) is 0 Å². The van der Waals surface area contributed by atoms with E-state index in [4.69, 9.17) is 11.6 Å². The predicted octanol–water partition coefficient (Wildman–Crippen LogP) is 4.96. The molecule has 0 radical (unpaired) electrons. The molecule has 0 bridgehead atoms. The Labute approximate surface area is 178 Å². The molecule has 1 N–H and O–H groups in total. The molecule has 0 saturated carbocycles. The molecule has 1 fully saturated rings. The summed E-state index contributed by atoms with van der Waals surface area (Å²) in [5, 5.41) is 4.07. The highest BCUT2D eigenvalue weighted by Gasteiger charge is 2.43. The lowest BCUT2D eigenvalue weighted by Crippen LogP contribution is -2.43. The molecule has 1 amide bonds. The number of allylic oxidation sites excluding steroid dienone is 3. The molecule has 2 aliphatic heterocycles. The summed E-state index contributed by atoms with van der Waals surface area (Å²) in [5.41, 5.74) is 4.09. The number of nitrogens with one attached hydrogen (secondary N) is 1. The average Bonchev–Trinajstić information content (AvgIpc) is 2.66. The van der Waals surface area contributed by atoms with Gasteiger partial charge in [0.25, 0.3) is 5.91 Å². The Bertz CT molecular complexity index is 923. The average molecular weight is 413 g/mol. The van der Waals surface area contributed by atoms with Crippen LogP contribution in [0, 0.1) is 5.41 Å². The standard InChI is InChI=1S/C24H29ClN2O2/c1-15-20(23(29)27-10-5-4-6-11-27)21(16-8-7-9-17(25)12-16)22-18(26-15)13-24(2,3)14-19(22)28/h7-9,12,21,26H,4-6,10-11,13-14H2,1-3H3/t21-/m1/s1. The zero-order valence-electron chi connectivity index (χ0n) is 17.5. The number of benzene rings is 1. The summed E-state index contributed by atoms with van der Waals surface area (Å²) in [6.07, 6.45) is 4.53. The number of hydrogen-bond donors (Lipinski definition) is 1. The van der Waals surface area contributed by atoms with Gasteiger partial charge in [0.05, 0.1) is 0 Å². The maximum atomic E-state index is 13.6. The summed E-state index contributed by atoms with van der Waals surface area (Å²) < 4.78 is 0. The van der Waals surface area contributed by atoms with Gasteiger partial charge in [-0.15, -0.1) is 0 Å². The van der Waals surface area contributed by atoms with Crippen LogP contribution in [0.2, 0.25) is 5.02 Å². The maximum absolute atomic E-state index is 13.6. The van der Waals surface area contributed by atoms with Crippen molar-refractivity contribution >= 4 is 23.3 Å². The number of halogens is 1. The van der Waals surface area contributed by atoms with Crippen LogP contribution in [-0.2, 0) is 9.59 Å². The molecule has 1 aliphatic carbocycles. The molecule has 0 aromatic heterocycles. The highest BCUT2D eigenvalue weighted by atomic mass is 35.5. The lowest BCUT2D eigenvalue weighted by Gasteiger charge is -2.41. The first-order valence-corrected chi connectivity index (χ1v) is 10.9. The van der Waals surface area contributed by atoms with Crippen LogP contribution in [0.25, 0.3) is 0 Å². The highest BCUT2D eigenvalue weighted by Crippen LogP contribution is 2.47. The van der Waals surface area contributed by atoms with Crippen LogP contribution in [0.15, 0.2) is 46.8 Å². The van der Waals surface area contributed by atoms with Crippen LogP contribution < -0.4 is 5.32 Å². The highest BCUT2D eigenvalue weighted by molar-refractivity contribution is 6.30. The molecule has 1 aromatic carbocycles. The molecular formula is C24H29ClN2O2. The second kappa shape index (κ2) is 7.64. The number of nitrogens with zero attached hydrogens (tertiary/aromatic N) is 1. The minimum absolute atomic E-state index is 0.0452. The van der Waals surface area contributed by atoms with Crippen molar-refractivity contribution in [3.63, 3.8) is 0 Å². The molecule has 2 heterocycles. The van der Waals surface area contributed by atoms with Crippen molar-refractivity contribution in [2.24, 2.45) is 5.41 Å². The first kappa shape index (κ1) is 20.2. The number of carbonyl (C=O) groups is 2. The third kappa shape index (κ3) is 3.87. The monoisotopic (exact) mass is 412 g/mol. The zero-order chi connectivity index (χ0) is 20.8. The van der Waals surface area contributed by atoms with E-state index in [0.717, 1.165) is 54.9 Å². The topological polar surface area (TPSA) is 49.4 Å². The Morgan fingerprint density at radius 3 is 2.59 bits per heavy atom. The number of likely N-dealkylation sites (tertiary alicyclic amines) is 1. The van der Waals surface area contributed by atoms with Crippen LogP contribution in [-0.4, -0.2) is 29.7 Å². The lowest BCUT2D eigenvalue weighted by molar-refractivity contribution is -0.128. The summed E-state index contributed by atoms with van der Waals surface area (Å²) in [7, 11) is 0. The Hall–Kier alpha value is -2.07. The Kier molecular flexibility index (Phi) is 5.32. The van der Waals surface area contributed by atoms with E-state index >= 15 is 0 Å². The molecule has 5 heteroatoms. The lowest BCUT2D eigenvalue weighted by atomic mass is 9.68. The van der Waals surface area contributed by atoms with E-state index in [1.54, 1.807) is 0 Å². The number of rotatable bonds is 2. The molecular weight excluding hydrogens is 384 g/mol. The smallest absolute Gasteiger partial charge is 0.252 e. The third-order valence-electron chi connectivity index (χ3n) is 6.30. The van der Waals surface area contributed by atoms with E-state index in [-0.39, 0.29) is 23.0 Å². The summed E-state index contributed by atoms with van der Waals surface area (Å²) in [6, 6.07) is 7.60. The molecule has 1 atom stereocenters. The van der Waals surface area contributed by atoms with Crippen LogP contribution in [0.1, 0.15) is 64.4 Å². The van der Waals surface area contributed by atoms with Gasteiger partial charge >= 0.3 is 0 Å². The van der Waals surface area contributed by atoms with E-state index in [1.165, 1.54) is 6.42 Å². The van der Waals surface area contributed by atoms with Crippen molar-refractivity contribution in [3.8, 4) is 0 Å². The molecule has 0 unspecified atom stereocenters. The van der Waals surface area contributed by atoms with Crippen LogP contribution in [0.4, 0.5) is 0 Å². The van der Waals surface area contributed by atoms with Gasteiger partial charge in [-0.25, -0.2) is 0 Å². The normalized spacial score (nSPS) is 24.3. The summed E-state index contributed by atoms with van der Waals surface area (Å²) in [6.45, 7) is 7.77. The van der Waals surface area contributed by atoms with E-state index < -0.39 is 0 Å². The third-order valence-corrected chi connectivity index (χ3v) is 6.53. The van der Waals surface area contributed by atoms with Crippen molar-refractivity contribution in [2.45, 2.75) is 58.8 Å². The first-order valence-electron chi connectivity index (χ1n) is 10.6. The molecule has 3 aliphatic rings. The molecule has 1 saturated heterocycles. The van der Waals surface area contributed by atoms with Gasteiger partial charge in [0.15, 0.2) is 5.78 Å². The quantitative estimate of drug-likeness (QED) is 0.747.